The van der Waals surface area contributed by atoms with Gasteiger partial charge in [-0.25, -0.2) is 18.7 Å². The molecule has 176 valence electrons. The summed E-state index contributed by atoms with van der Waals surface area (Å²) in [6.45, 7) is 8.41. The van der Waals surface area contributed by atoms with Gasteiger partial charge in [-0.15, -0.1) is 11.3 Å². The van der Waals surface area contributed by atoms with Gasteiger partial charge in [-0.2, -0.15) is 0 Å². The standard InChI is InChI=1S/C25H23BrF2N4OS/c1-12-13(2)20-19(11-18(12)26)30-24(31-20)25(4)6-5-7-32(25)23(33)21-22(34-14(3)29-21)15-8-16(27)10-17(28)9-15/h8-11H,5-7H2,1-4H3,(H,30,31). The predicted molar refractivity (Wildman–Crippen MR) is 133 cm³/mol. The molecule has 1 fully saturated rings. The summed E-state index contributed by atoms with van der Waals surface area (Å²) in [5.74, 6) is -0.924. The monoisotopic (exact) mass is 544 g/mol. The maximum atomic E-state index is 13.9. The Kier molecular flexibility index (Phi) is 5.60. The summed E-state index contributed by atoms with van der Waals surface area (Å²) >= 11 is 4.87. The lowest BCUT2D eigenvalue weighted by Gasteiger charge is -2.33. The normalized spacial score (nSPS) is 18.3. The van der Waals surface area contributed by atoms with E-state index in [4.69, 9.17) is 4.98 Å². The van der Waals surface area contributed by atoms with Crippen molar-refractivity contribution in [3.8, 4) is 10.4 Å². The summed E-state index contributed by atoms with van der Waals surface area (Å²) < 4.78 is 28.8. The van der Waals surface area contributed by atoms with Crippen molar-refractivity contribution >= 4 is 44.2 Å². The quantitative estimate of drug-likeness (QED) is 0.308. The largest absolute Gasteiger partial charge is 0.340 e. The van der Waals surface area contributed by atoms with Gasteiger partial charge >= 0.3 is 0 Å². The molecule has 2 aromatic carbocycles. The van der Waals surface area contributed by atoms with Gasteiger partial charge in [-0.3, -0.25) is 4.79 Å². The topological polar surface area (TPSA) is 61.9 Å². The van der Waals surface area contributed by atoms with Crippen molar-refractivity contribution in [2.24, 2.45) is 0 Å². The van der Waals surface area contributed by atoms with Crippen molar-refractivity contribution < 1.29 is 13.6 Å². The Morgan fingerprint density at radius 3 is 2.53 bits per heavy atom. The third-order valence-electron chi connectivity index (χ3n) is 6.74. The zero-order valence-electron chi connectivity index (χ0n) is 19.2. The van der Waals surface area contributed by atoms with Crippen LogP contribution in [0, 0.1) is 32.4 Å². The number of nitrogens with zero attached hydrogens (tertiary/aromatic N) is 3. The smallest absolute Gasteiger partial charge is 0.274 e. The minimum Gasteiger partial charge on any atom is -0.340 e. The number of aryl methyl sites for hydroxylation is 2. The van der Waals surface area contributed by atoms with Gasteiger partial charge < -0.3 is 9.88 Å². The van der Waals surface area contributed by atoms with Crippen molar-refractivity contribution in [2.75, 3.05) is 6.54 Å². The second-order valence-electron chi connectivity index (χ2n) is 8.99. The van der Waals surface area contributed by atoms with Gasteiger partial charge in [0.05, 0.1) is 26.5 Å². The molecule has 5 nitrogen and oxygen atoms in total. The number of fused-ring (bicyclic) bond motifs is 1. The molecule has 0 saturated carbocycles. The number of likely N-dealkylation sites (tertiary alicyclic amines) is 1. The molecule has 1 saturated heterocycles. The average Bonchev–Trinajstić information content (AvgIpc) is 3.48. The summed E-state index contributed by atoms with van der Waals surface area (Å²) in [5, 5.41) is 0.656. The second-order valence-corrected chi connectivity index (χ2v) is 11.1. The molecular weight excluding hydrogens is 522 g/mol. The molecule has 1 atom stereocenters. The van der Waals surface area contributed by atoms with E-state index in [1.165, 1.54) is 23.5 Å². The van der Waals surface area contributed by atoms with Crippen LogP contribution in [-0.2, 0) is 5.54 Å². The van der Waals surface area contributed by atoms with E-state index in [-0.39, 0.29) is 11.6 Å². The number of nitrogens with one attached hydrogen (secondary N) is 1. The first-order valence-corrected chi connectivity index (χ1v) is 12.6. The van der Waals surface area contributed by atoms with Gasteiger partial charge in [-0.05, 0) is 75.4 Å². The molecule has 0 radical (unpaired) electrons. The highest BCUT2D eigenvalue weighted by atomic mass is 79.9. The van der Waals surface area contributed by atoms with E-state index in [2.05, 4.69) is 25.9 Å². The molecule has 0 aliphatic carbocycles. The molecule has 1 aliphatic heterocycles. The number of amides is 1. The Balaban J connectivity index is 1.58. The van der Waals surface area contributed by atoms with Crippen LogP contribution in [0.4, 0.5) is 8.78 Å². The molecule has 4 aromatic rings. The highest BCUT2D eigenvalue weighted by Crippen LogP contribution is 2.41. The van der Waals surface area contributed by atoms with Crippen LogP contribution in [-0.4, -0.2) is 32.3 Å². The molecule has 1 aliphatic rings. The average molecular weight is 545 g/mol. The molecule has 3 heterocycles. The Labute approximate surface area is 208 Å². The van der Waals surface area contributed by atoms with Crippen molar-refractivity contribution in [1.29, 1.82) is 0 Å². The SMILES string of the molecule is Cc1nc(C(=O)N2CCCC2(C)c2nc3c(C)c(C)c(Br)cc3[nH]2)c(-c2cc(F)cc(F)c2)s1. The number of halogens is 3. The maximum absolute atomic E-state index is 13.9. The summed E-state index contributed by atoms with van der Waals surface area (Å²) in [6.07, 6.45) is 1.55. The molecule has 1 unspecified atom stereocenters. The van der Waals surface area contributed by atoms with E-state index >= 15 is 0 Å². The van der Waals surface area contributed by atoms with Crippen molar-refractivity contribution in [2.45, 2.75) is 46.1 Å². The van der Waals surface area contributed by atoms with Gasteiger partial charge in [0.1, 0.15) is 23.2 Å². The highest BCUT2D eigenvalue weighted by molar-refractivity contribution is 9.10. The lowest BCUT2D eigenvalue weighted by Crippen LogP contribution is -2.44. The summed E-state index contributed by atoms with van der Waals surface area (Å²) in [4.78, 5) is 28.9. The first kappa shape index (κ1) is 23.1. The number of carbonyl (C=O) groups is 1. The molecule has 5 rings (SSSR count). The summed E-state index contributed by atoms with van der Waals surface area (Å²) in [7, 11) is 0. The Morgan fingerprint density at radius 2 is 1.82 bits per heavy atom. The molecule has 0 bridgehead atoms. The number of benzene rings is 2. The fourth-order valence-electron chi connectivity index (χ4n) is 4.74. The zero-order valence-corrected chi connectivity index (χ0v) is 21.6. The number of imidazole rings is 1. The Bertz CT molecular complexity index is 1440. The fraction of sp³-hybridized carbons (Fsp3) is 0.320. The van der Waals surface area contributed by atoms with Gasteiger partial charge in [0, 0.05) is 17.1 Å². The number of aromatic nitrogens is 3. The molecule has 1 N–H and O–H groups in total. The third-order valence-corrected chi connectivity index (χ3v) is 8.58. The summed E-state index contributed by atoms with van der Waals surface area (Å²) in [6, 6.07) is 5.30. The lowest BCUT2D eigenvalue weighted by molar-refractivity contribution is 0.0601. The number of aromatic amines is 1. The molecule has 1 amide bonds. The molecule has 34 heavy (non-hydrogen) atoms. The van der Waals surface area contributed by atoms with Crippen LogP contribution in [0.5, 0.6) is 0 Å². The van der Waals surface area contributed by atoms with Crippen LogP contribution >= 0.6 is 27.3 Å². The van der Waals surface area contributed by atoms with Crippen molar-refractivity contribution in [3.05, 3.63) is 68.0 Å². The van der Waals surface area contributed by atoms with Crippen LogP contribution in [0.1, 0.15) is 52.2 Å². The first-order valence-electron chi connectivity index (χ1n) is 11.0. The van der Waals surface area contributed by atoms with E-state index in [0.717, 1.165) is 51.4 Å². The van der Waals surface area contributed by atoms with Crippen LogP contribution < -0.4 is 0 Å². The minimum atomic E-state index is -0.690. The molecular formula is C25H23BrF2N4OS. The third kappa shape index (κ3) is 3.65. The van der Waals surface area contributed by atoms with Crippen molar-refractivity contribution in [3.63, 3.8) is 0 Å². The van der Waals surface area contributed by atoms with Gasteiger partial charge in [0.2, 0.25) is 0 Å². The van der Waals surface area contributed by atoms with Gasteiger partial charge in [-0.1, -0.05) is 15.9 Å². The lowest BCUT2D eigenvalue weighted by atomic mass is 9.97. The van der Waals surface area contributed by atoms with E-state index in [1.54, 1.807) is 11.8 Å². The summed E-state index contributed by atoms with van der Waals surface area (Å²) in [5.41, 5.74) is 3.86. The maximum Gasteiger partial charge on any atom is 0.274 e. The fourth-order valence-corrected chi connectivity index (χ4v) is 6.16. The highest BCUT2D eigenvalue weighted by Gasteiger charge is 2.45. The number of hydrogen-bond donors (Lipinski definition) is 1. The second kappa shape index (κ2) is 8.23. The van der Waals surface area contributed by atoms with Crippen LogP contribution in [0.15, 0.2) is 28.7 Å². The van der Waals surface area contributed by atoms with E-state index in [0.29, 0.717) is 22.0 Å². The van der Waals surface area contributed by atoms with Crippen LogP contribution in [0.3, 0.4) is 0 Å². The predicted octanol–water partition coefficient (Wildman–Crippen LogP) is 6.80. The van der Waals surface area contributed by atoms with E-state index in [9.17, 15) is 13.6 Å². The van der Waals surface area contributed by atoms with Crippen LogP contribution in [0.2, 0.25) is 0 Å². The number of rotatable bonds is 3. The molecule has 2 aromatic heterocycles. The number of thiazole rings is 1. The number of carbonyl (C=O) groups excluding carboxylic acids is 1. The first-order chi connectivity index (χ1) is 16.1. The Hall–Kier alpha value is -2.65. The van der Waals surface area contributed by atoms with Crippen LogP contribution in [0.25, 0.3) is 21.5 Å². The van der Waals surface area contributed by atoms with Gasteiger partial charge in [0.25, 0.3) is 5.91 Å². The number of hydrogen-bond acceptors (Lipinski definition) is 4. The van der Waals surface area contributed by atoms with E-state index in [1.807, 2.05) is 26.8 Å². The van der Waals surface area contributed by atoms with E-state index < -0.39 is 17.2 Å². The minimum absolute atomic E-state index is 0.214. The molecule has 0 spiro atoms. The Morgan fingerprint density at radius 1 is 1.12 bits per heavy atom. The van der Waals surface area contributed by atoms with Crippen molar-refractivity contribution in [1.82, 2.24) is 19.9 Å². The number of H-pyrrole nitrogens is 1. The van der Waals surface area contributed by atoms with Gasteiger partial charge in [0.15, 0.2) is 0 Å². The molecule has 9 heteroatoms. The zero-order chi connectivity index (χ0) is 24.4.